The lowest BCUT2D eigenvalue weighted by Crippen LogP contribution is -2.38. The second kappa shape index (κ2) is 5.60. The van der Waals surface area contributed by atoms with Gasteiger partial charge in [-0.25, -0.2) is 0 Å². The molecule has 1 fully saturated rings. The van der Waals surface area contributed by atoms with Crippen LogP contribution in [-0.4, -0.2) is 23.5 Å². The van der Waals surface area contributed by atoms with E-state index < -0.39 is 0 Å². The first-order chi connectivity index (χ1) is 9.65. The van der Waals surface area contributed by atoms with Gasteiger partial charge in [0.1, 0.15) is 0 Å². The molecule has 0 spiro atoms. The van der Waals surface area contributed by atoms with E-state index in [-0.39, 0.29) is 11.9 Å². The van der Waals surface area contributed by atoms with Crippen molar-refractivity contribution in [2.75, 3.05) is 6.54 Å². The van der Waals surface area contributed by atoms with Crippen LogP contribution in [0.1, 0.15) is 23.2 Å². The molecule has 1 aliphatic carbocycles. The number of halogens is 1. The molecule has 2 heterocycles. The van der Waals surface area contributed by atoms with Gasteiger partial charge >= 0.3 is 0 Å². The molecule has 1 aliphatic rings. The lowest BCUT2D eigenvalue weighted by atomic mass is 10.1. The van der Waals surface area contributed by atoms with Crippen molar-refractivity contribution in [2.45, 2.75) is 18.9 Å². The van der Waals surface area contributed by atoms with Crippen LogP contribution in [0.4, 0.5) is 0 Å². The van der Waals surface area contributed by atoms with Crippen LogP contribution in [0.25, 0.3) is 10.4 Å². The topological polar surface area (TPSA) is 70.9 Å². The van der Waals surface area contributed by atoms with Crippen LogP contribution in [0.2, 0.25) is 4.34 Å². The molecule has 20 heavy (non-hydrogen) atoms. The fraction of sp³-hybridized carbons (Fsp3) is 0.357. The third-order valence-corrected chi connectivity index (χ3v) is 4.82. The van der Waals surface area contributed by atoms with E-state index in [0.717, 1.165) is 10.4 Å². The predicted octanol–water partition coefficient (Wildman–Crippen LogP) is 2.86. The third-order valence-electron chi connectivity index (χ3n) is 3.55. The summed E-state index contributed by atoms with van der Waals surface area (Å²) in [6.07, 6.45) is 5.89. The van der Waals surface area contributed by atoms with E-state index in [9.17, 15) is 4.79 Å². The van der Waals surface area contributed by atoms with Crippen LogP contribution in [-0.2, 0) is 0 Å². The van der Waals surface area contributed by atoms with Gasteiger partial charge in [-0.05, 0) is 30.9 Å². The summed E-state index contributed by atoms with van der Waals surface area (Å²) in [6.45, 7) is 0.527. The molecule has 0 aromatic carbocycles. The summed E-state index contributed by atoms with van der Waals surface area (Å²) < 4.78 is 0.711. The van der Waals surface area contributed by atoms with Crippen molar-refractivity contribution in [2.24, 2.45) is 11.7 Å². The Bertz CT molecular complexity index is 617. The Balaban J connectivity index is 1.70. The molecule has 4 nitrogen and oxygen atoms in total. The summed E-state index contributed by atoms with van der Waals surface area (Å²) >= 11 is 7.40. The first-order valence-electron chi connectivity index (χ1n) is 6.61. The van der Waals surface area contributed by atoms with E-state index in [0.29, 0.717) is 22.4 Å². The highest BCUT2D eigenvalue weighted by atomic mass is 35.5. The molecule has 1 amide bonds. The Kier molecular flexibility index (Phi) is 3.83. The minimum Gasteiger partial charge on any atom is -0.366 e. The molecule has 0 saturated heterocycles. The number of carbonyl (C=O) groups is 1. The van der Waals surface area contributed by atoms with E-state index in [1.54, 1.807) is 6.20 Å². The fourth-order valence-electron chi connectivity index (χ4n) is 2.21. The lowest BCUT2D eigenvalue weighted by Gasteiger charge is -2.11. The van der Waals surface area contributed by atoms with Crippen molar-refractivity contribution in [3.63, 3.8) is 0 Å². The van der Waals surface area contributed by atoms with Gasteiger partial charge in [-0.1, -0.05) is 11.6 Å². The van der Waals surface area contributed by atoms with Crippen molar-refractivity contribution in [3.8, 4) is 10.4 Å². The fourth-order valence-corrected chi connectivity index (χ4v) is 3.28. The molecular weight excluding hydrogens is 294 g/mol. The van der Waals surface area contributed by atoms with Crippen LogP contribution in [0.5, 0.6) is 0 Å². The van der Waals surface area contributed by atoms with Crippen LogP contribution >= 0.6 is 22.9 Å². The summed E-state index contributed by atoms with van der Waals surface area (Å²) in [5.74, 6) is 0.485. The number of rotatable bonds is 5. The second-order valence-electron chi connectivity index (χ2n) is 5.10. The zero-order valence-electron chi connectivity index (χ0n) is 10.9. The molecule has 106 valence electrons. The van der Waals surface area contributed by atoms with Crippen LogP contribution in [0, 0.1) is 5.92 Å². The maximum Gasteiger partial charge on any atom is 0.253 e. The Morgan fingerprint density at radius 3 is 2.95 bits per heavy atom. The van der Waals surface area contributed by atoms with Gasteiger partial charge in [0.15, 0.2) is 0 Å². The first-order valence-corrected chi connectivity index (χ1v) is 7.81. The Morgan fingerprint density at radius 1 is 1.50 bits per heavy atom. The zero-order valence-corrected chi connectivity index (χ0v) is 12.4. The molecule has 2 aromatic rings. The van der Waals surface area contributed by atoms with E-state index in [1.165, 1.54) is 24.2 Å². The van der Waals surface area contributed by atoms with Gasteiger partial charge in [0.05, 0.1) is 9.90 Å². The van der Waals surface area contributed by atoms with Crippen LogP contribution in [0.3, 0.4) is 0 Å². The molecule has 0 bridgehead atoms. The average molecular weight is 310 g/mol. The third kappa shape index (κ3) is 2.90. The molecule has 0 radical (unpaired) electrons. The summed E-state index contributed by atoms with van der Waals surface area (Å²) in [6, 6.07) is 3.82. The van der Waals surface area contributed by atoms with Gasteiger partial charge in [0.2, 0.25) is 0 Å². The maximum absolute atomic E-state index is 12.2. The second-order valence-corrected chi connectivity index (χ2v) is 6.81. The molecule has 3 rings (SSSR count). The van der Waals surface area contributed by atoms with E-state index in [1.807, 2.05) is 18.3 Å². The number of nitrogens with one attached hydrogen (secondary N) is 2. The zero-order chi connectivity index (χ0) is 14.1. The molecular formula is C14H16ClN3OS. The molecule has 4 N–H and O–H groups in total. The number of amides is 1. The number of hydrogen-bond donors (Lipinski definition) is 3. The van der Waals surface area contributed by atoms with Gasteiger partial charge in [-0.15, -0.1) is 11.3 Å². The Hall–Kier alpha value is -1.30. The predicted molar refractivity (Wildman–Crippen MR) is 82.1 cm³/mol. The van der Waals surface area contributed by atoms with Crippen molar-refractivity contribution < 1.29 is 4.79 Å². The largest absolute Gasteiger partial charge is 0.366 e. The standard InChI is InChI=1S/C14H16ClN3OS/c15-13-4-3-12(20-13)9-5-17-6-10(9)14(19)18-7-11(16)8-1-2-8/h3-6,8,11,17H,1-2,7,16H2,(H,18,19). The van der Waals surface area contributed by atoms with Crippen molar-refractivity contribution in [1.82, 2.24) is 10.3 Å². The number of thiophene rings is 1. The van der Waals surface area contributed by atoms with Crippen LogP contribution < -0.4 is 11.1 Å². The van der Waals surface area contributed by atoms with Gasteiger partial charge in [-0.2, -0.15) is 0 Å². The Morgan fingerprint density at radius 2 is 2.30 bits per heavy atom. The Labute approximate surface area is 126 Å². The van der Waals surface area contributed by atoms with Gasteiger partial charge in [-0.3, -0.25) is 4.79 Å². The first kappa shape index (κ1) is 13.7. The summed E-state index contributed by atoms with van der Waals surface area (Å²) in [5, 5.41) is 2.91. The van der Waals surface area contributed by atoms with Gasteiger partial charge in [0, 0.05) is 35.4 Å². The monoisotopic (exact) mass is 309 g/mol. The average Bonchev–Trinajstić information content (AvgIpc) is 3.01. The van der Waals surface area contributed by atoms with Gasteiger partial charge < -0.3 is 16.0 Å². The number of carbonyl (C=O) groups excluding carboxylic acids is 1. The van der Waals surface area contributed by atoms with Crippen molar-refractivity contribution in [1.29, 1.82) is 0 Å². The molecule has 6 heteroatoms. The van der Waals surface area contributed by atoms with Crippen molar-refractivity contribution >= 4 is 28.8 Å². The summed E-state index contributed by atoms with van der Waals surface area (Å²) in [5.41, 5.74) is 7.50. The highest BCUT2D eigenvalue weighted by Crippen LogP contribution is 2.33. The van der Waals surface area contributed by atoms with Crippen LogP contribution in [0.15, 0.2) is 24.5 Å². The van der Waals surface area contributed by atoms with E-state index in [2.05, 4.69) is 10.3 Å². The normalized spacial score (nSPS) is 16.1. The van der Waals surface area contributed by atoms with Crippen molar-refractivity contribution in [3.05, 3.63) is 34.4 Å². The molecule has 1 atom stereocenters. The number of nitrogens with two attached hydrogens (primary N) is 1. The molecule has 0 aliphatic heterocycles. The number of aromatic amines is 1. The summed E-state index contributed by atoms with van der Waals surface area (Å²) in [7, 11) is 0. The molecule has 1 saturated carbocycles. The number of hydrogen-bond acceptors (Lipinski definition) is 3. The van der Waals surface area contributed by atoms with E-state index >= 15 is 0 Å². The SMILES string of the molecule is NC(CNC(=O)c1c[nH]cc1-c1ccc(Cl)s1)C1CC1. The highest BCUT2D eigenvalue weighted by Gasteiger charge is 2.28. The van der Waals surface area contributed by atoms with Gasteiger partial charge in [0.25, 0.3) is 5.91 Å². The lowest BCUT2D eigenvalue weighted by molar-refractivity contribution is 0.0951. The number of H-pyrrole nitrogens is 1. The molecule has 2 aromatic heterocycles. The quantitative estimate of drug-likeness (QED) is 0.794. The molecule has 1 unspecified atom stereocenters. The number of aromatic nitrogens is 1. The van der Waals surface area contributed by atoms with E-state index in [4.69, 9.17) is 17.3 Å². The highest BCUT2D eigenvalue weighted by molar-refractivity contribution is 7.19. The minimum atomic E-state index is -0.0955. The summed E-state index contributed by atoms with van der Waals surface area (Å²) in [4.78, 5) is 16.2. The smallest absolute Gasteiger partial charge is 0.253 e. The minimum absolute atomic E-state index is 0.0672. The maximum atomic E-state index is 12.2.